The lowest BCUT2D eigenvalue weighted by Gasteiger charge is -2.04. The summed E-state index contributed by atoms with van der Waals surface area (Å²) < 4.78 is 0. The van der Waals surface area contributed by atoms with Crippen LogP contribution in [0.3, 0.4) is 0 Å². The van der Waals surface area contributed by atoms with Gasteiger partial charge in [0.15, 0.2) is 11.4 Å². The van der Waals surface area contributed by atoms with Crippen LogP contribution in [-0.4, -0.2) is 36.2 Å². The van der Waals surface area contributed by atoms with Crippen molar-refractivity contribution in [1.82, 2.24) is 20.2 Å². The van der Waals surface area contributed by atoms with Crippen LogP contribution in [-0.2, 0) is 6.42 Å². The minimum atomic E-state index is -0.662. The van der Waals surface area contributed by atoms with Crippen molar-refractivity contribution < 1.29 is 15.0 Å². The number of ketones is 1. The second-order valence-corrected chi connectivity index (χ2v) is 4.78. The number of nitrogens with zero attached hydrogens (tertiary/aromatic N) is 3. The van der Waals surface area contributed by atoms with Gasteiger partial charge in [0.2, 0.25) is 17.3 Å². The number of aromatic hydroxyl groups is 2. The molecular weight excluding hydrogens is 302 g/mol. The number of phenols is 1. The maximum absolute atomic E-state index is 12.3. The minimum absolute atomic E-state index is 0.0199. The molecule has 0 atom stereocenters. The maximum Gasteiger partial charge on any atom is 0.229 e. The topological polar surface area (TPSA) is 155 Å². The molecule has 1 aromatic carbocycles. The highest BCUT2D eigenvalue weighted by molar-refractivity contribution is 5.98. The fourth-order valence-corrected chi connectivity index (χ4v) is 2.12. The summed E-state index contributed by atoms with van der Waals surface area (Å²) in [5.41, 5.74) is 4.83. The number of carbonyl (C=O) groups is 1. The Morgan fingerprint density at radius 1 is 1.26 bits per heavy atom. The van der Waals surface area contributed by atoms with Crippen molar-refractivity contribution in [3.63, 3.8) is 0 Å². The molecule has 9 nitrogen and oxygen atoms in total. The molecule has 23 heavy (non-hydrogen) atoms. The van der Waals surface area contributed by atoms with Crippen molar-refractivity contribution >= 4 is 22.8 Å². The summed E-state index contributed by atoms with van der Waals surface area (Å²) >= 11 is 0. The van der Waals surface area contributed by atoms with E-state index in [-0.39, 0.29) is 40.4 Å². The van der Waals surface area contributed by atoms with Crippen molar-refractivity contribution in [1.29, 1.82) is 0 Å². The zero-order valence-corrected chi connectivity index (χ0v) is 11.6. The van der Waals surface area contributed by atoms with Gasteiger partial charge in [-0.2, -0.15) is 15.1 Å². The van der Waals surface area contributed by atoms with Crippen LogP contribution in [0.5, 0.6) is 11.6 Å². The average Bonchev–Trinajstić information content (AvgIpc) is 2.49. The zero-order valence-electron chi connectivity index (χ0n) is 11.6. The number of fused-ring (bicyclic) bond motifs is 1. The molecule has 0 bridgehead atoms. The summed E-state index contributed by atoms with van der Waals surface area (Å²) in [5, 5.41) is 25.2. The van der Waals surface area contributed by atoms with Crippen molar-refractivity contribution in [2.24, 2.45) is 0 Å². The van der Waals surface area contributed by atoms with Crippen LogP contribution in [0.15, 0.2) is 29.1 Å². The number of nitrogens with two attached hydrogens (primary N) is 1. The molecule has 3 rings (SSSR count). The molecule has 0 saturated heterocycles. The third kappa shape index (κ3) is 2.67. The van der Waals surface area contributed by atoms with Crippen LogP contribution in [0.1, 0.15) is 16.1 Å². The Kier molecular flexibility index (Phi) is 3.37. The number of rotatable bonds is 3. The first-order valence-corrected chi connectivity index (χ1v) is 6.51. The van der Waals surface area contributed by atoms with Crippen LogP contribution < -0.4 is 11.2 Å². The van der Waals surface area contributed by atoms with E-state index in [0.29, 0.717) is 0 Å². The van der Waals surface area contributed by atoms with Gasteiger partial charge < -0.3 is 15.9 Å². The van der Waals surface area contributed by atoms with Gasteiger partial charge >= 0.3 is 0 Å². The Balaban J connectivity index is 2.03. The normalized spacial score (nSPS) is 10.8. The predicted molar refractivity (Wildman–Crippen MR) is 80.2 cm³/mol. The molecule has 9 heteroatoms. The maximum atomic E-state index is 12.3. The molecule has 0 unspecified atom stereocenters. The molecule has 0 spiro atoms. The lowest BCUT2D eigenvalue weighted by atomic mass is 10.1. The van der Waals surface area contributed by atoms with E-state index >= 15 is 0 Å². The largest absolute Gasteiger partial charge is 0.508 e. The van der Waals surface area contributed by atoms with E-state index < -0.39 is 17.1 Å². The molecule has 0 aliphatic heterocycles. The van der Waals surface area contributed by atoms with Crippen LogP contribution in [0, 0.1) is 0 Å². The van der Waals surface area contributed by atoms with Gasteiger partial charge in [-0.15, -0.1) is 0 Å². The van der Waals surface area contributed by atoms with Gasteiger partial charge in [-0.05, 0) is 12.1 Å². The van der Waals surface area contributed by atoms with Crippen molar-refractivity contribution in [3.8, 4) is 11.6 Å². The van der Waals surface area contributed by atoms with Gasteiger partial charge in [-0.3, -0.25) is 14.7 Å². The van der Waals surface area contributed by atoms with Crippen molar-refractivity contribution in [2.75, 3.05) is 5.73 Å². The first-order chi connectivity index (χ1) is 11.0. The van der Waals surface area contributed by atoms with Crippen LogP contribution >= 0.6 is 0 Å². The average molecular weight is 313 g/mol. The summed E-state index contributed by atoms with van der Waals surface area (Å²) in [4.78, 5) is 31.8. The standard InChI is InChI=1S/C14H11N5O4/c15-14-16-12-10(13(23)17-14)11(22)8(18-19-12)5-9(21)6-2-1-3-7(20)4-6/h1-4,20H,5H2,(H4,15,16,17,19,22,23). The molecule has 2 aromatic heterocycles. The summed E-state index contributed by atoms with van der Waals surface area (Å²) in [6, 6.07) is 5.75. The number of carbonyl (C=O) groups excluding carboxylic acids is 1. The van der Waals surface area contributed by atoms with Crippen LogP contribution in [0.25, 0.3) is 11.0 Å². The first-order valence-electron chi connectivity index (χ1n) is 6.51. The second-order valence-electron chi connectivity index (χ2n) is 4.78. The number of aromatic nitrogens is 4. The fourth-order valence-electron chi connectivity index (χ4n) is 2.12. The number of aromatic amines is 1. The highest BCUT2D eigenvalue weighted by Crippen LogP contribution is 2.17. The SMILES string of the molecule is Nc1nc(O)c2c(=O)c(CC(=O)c3cccc(O)c3)n[nH]c2n1. The van der Waals surface area contributed by atoms with Gasteiger partial charge in [-0.25, -0.2) is 0 Å². The lowest BCUT2D eigenvalue weighted by Crippen LogP contribution is -2.19. The molecule has 0 radical (unpaired) electrons. The van der Waals surface area contributed by atoms with E-state index in [1.54, 1.807) is 0 Å². The lowest BCUT2D eigenvalue weighted by molar-refractivity contribution is 0.0991. The number of phenolic OH excluding ortho intramolecular Hbond substituents is 1. The van der Waals surface area contributed by atoms with E-state index in [0.717, 1.165) is 0 Å². The second kappa shape index (κ2) is 5.37. The monoisotopic (exact) mass is 313 g/mol. The number of nitrogens with one attached hydrogen (secondary N) is 1. The molecule has 5 N–H and O–H groups in total. The van der Waals surface area contributed by atoms with E-state index in [2.05, 4.69) is 20.2 Å². The van der Waals surface area contributed by atoms with E-state index in [1.807, 2.05) is 0 Å². The Morgan fingerprint density at radius 3 is 2.78 bits per heavy atom. The number of hydrogen-bond donors (Lipinski definition) is 4. The Morgan fingerprint density at radius 2 is 2.04 bits per heavy atom. The predicted octanol–water partition coefficient (Wildman–Crippen LogP) is 0.132. The summed E-state index contributed by atoms with van der Waals surface area (Å²) in [7, 11) is 0. The number of benzene rings is 1. The van der Waals surface area contributed by atoms with Gasteiger partial charge in [0.1, 0.15) is 16.8 Å². The molecule has 0 amide bonds. The quantitative estimate of drug-likeness (QED) is 0.497. The zero-order chi connectivity index (χ0) is 16.6. The molecule has 3 aromatic rings. The van der Waals surface area contributed by atoms with E-state index in [1.165, 1.54) is 24.3 Å². The van der Waals surface area contributed by atoms with Gasteiger partial charge in [0.25, 0.3) is 0 Å². The Bertz CT molecular complexity index is 983. The Hall–Kier alpha value is -3.49. The highest BCUT2D eigenvalue weighted by Gasteiger charge is 2.17. The number of hydrogen-bond acceptors (Lipinski definition) is 8. The van der Waals surface area contributed by atoms with Crippen LogP contribution in [0.2, 0.25) is 0 Å². The van der Waals surface area contributed by atoms with Crippen molar-refractivity contribution in [3.05, 3.63) is 45.7 Å². The third-order valence-corrected chi connectivity index (χ3v) is 3.19. The first kappa shape index (κ1) is 14.4. The fraction of sp³-hybridized carbons (Fsp3) is 0.0714. The van der Waals surface area contributed by atoms with Gasteiger partial charge in [0, 0.05) is 5.56 Å². The number of nitrogen functional groups attached to an aromatic ring is 1. The molecule has 0 saturated carbocycles. The molecule has 0 aliphatic rings. The molecule has 116 valence electrons. The van der Waals surface area contributed by atoms with Crippen molar-refractivity contribution in [2.45, 2.75) is 6.42 Å². The van der Waals surface area contributed by atoms with E-state index in [4.69, 9.17) is 5.73 Å². The number of anilines is 1. The number of Topliss-reactive ketones (excluding diaryl/α,β-unsaturated/α-hetero) is 1. The summed E-state index contributed by atoms with van der Waals surface area (Å²) in [6.45, 7) is 0. The number of H-pyrrole nitrogens is 1. The molecule has 0 fully saturated rings. The summed E-state index contributed by atoms with van der Waals surface area (Å²) in [6.07, 6.45) is -0.307. The highest BCUT2D eigenvalue weighted by atomic mass is 16.3. The van der Waals surface area contributed by atoms with E-state index in [9.17, 15) is 19.8 Å². The summed E-state index contributed by atoms with van der Waals surface area (Å²) in [5.74, 6) is -1.26. The molecule has 0 aliphatic carbocycles. The molecule has 2 heterocycles. The third-order valence-electron chi connectivity index (χ3n) is 3.19. The Labute approximate surface area is 128 Å². The molecular formula is C14H11N5O4. The van der Waals surface area contributed by atoms with Gasteiger partial charge in [0.05, 0.1) is 6.42 Å². The van der Waals surface area contributed by atoms with Crippen LogP contribution in [0.4, 0.5) is 5.95 Å². The minimum Gasteiger partial charge on any atom is -0.508 e. The smallest absolute Gasteiger partial charge is 0.229 e. The van der Waals surface area contributed by atoms with Gasteiger partial charge in [-0.1, -0.05) is 12.1 Å².